The minimum Gasteiger partial charge on any atom is -0.382 e. The van der Waals surface area contributed by atoms with Crippen LogP contribution in [0.15, 0.2) is 4.99 Å². The number of hydrogen-bond acceptors (Lipinski definition) is 5. The number of aryl methyl sites for hydroxylation is 1. The van der Waals surface area contributed by atoms with E-state index in [1.54, 1.807) is 0 Å². The number of rotatable bonds is 11. The van der Waals surface area contributed by atoms with E-state index in [0.717, 1.165) is 62.9 Å². The summed E-state index contributed by atoms with van der Waals surface area (Å²) in [6.45, 7) is 12.3. The van der Waals surface area contributed by atoms with Crippen LogP contribution in [0.3, 0.4) is 0 Å². The average Bonchev–Trinajstić information content (AvgIpc) is 3.03. The van der Waals surface area contributed by atoms with Crippen molar-refractivity contribution in [3.8, 4) is 0 Å². The Bertz CT molecular complexity index is 593. The van der Waals surface area contributed by atoms with Gasteiger partial charge in [-0.2, -0.15) is 0 Å². The first-order valence-electron chi connectivity index (χ1n) is 10.8. The second-order valence-electron chi connectivity index (χ2n) is 7.39. The first-order chi connectivity index (χ1) is 13.7. The van der Waals surface area contributed by atoms with Gasteiger partial charge in [-0.25, -0.2) is 4.99 Å². The van der Waals surface area contributed by atoms with E-state index in [2.05, 4.69) is 32.7 Å². The zero-order valence-corrected chi connectivity index (χ0v) is 20.9. The summed E-state index contributed by atoms with van der Waals surface area (Å²) in [5, 5.41) is 15.2. The van der Waals surface area contributed by atoms with Crippen LogP contribution in [0.1, 0.15) is 57.6 Å². The highest BCUT2D eigenvalue weighted by Gasteiger charge is 2.20. The van der Waals surface area contributed by atoms with Crippen LogP contribution in [0.25, 0.3) is 0 Å². The molecule has 0 radical (unpaired) electrons. The molecular weight excluding hydrogens is 481 g/mol. The molecule has 168 valence electrons. The van der Waals surface area contributed by atoms with Gasteiger partial charge in [0.2, 0.25) is 0 Å². The summed E-state index contributed by atoms with van der Waals surface area (Å²) in [5.41, 5.74) is 0. The number of aliphatic imine (C=N–C) groups is 1. The summed E-state index contributed by atoms with van der Waals surface area (Å²) in [7, 11) is 1.98. The molecule has 2 N–H and O–H groups in total. The third kappa shape index (κ3) is 9.17. The third-order valence-electron chi connectivity index (χ3n) is 5.44. The Hall–Kier alpha value is -0.940. The SMILES string of the molecule is CCOCCCNC(=NCc1nnc(C)n1C)NCCN1CCCCC1CC.I. The van der Waals surface area contributed by atoms with Gasteiger partial charge in [-0.3, -0.25) is 4.90 Å². The Kier molecular flexibility index (Phi) is 13.5. The van der Waals surface area contributed by atoms with E-state index in [0.29, 0.717) is 6.54 Å². The first-order valence-corrected chi connectivity index (χ1v) is 10.8. The van der Waals surface area contributed by atoms with Gasteiger partial charge in [0.15, 0.2) is 11.8 Å². The molecule has 29 heavy (non-hydrogen) atoms. The molecule has 1 aliphatic heterocycles. The molecule has 9 heteroatoms. The van der Waals surface area contributed by atoms with E-state index in [1.165, 1.54) is 32.2 Å². The topological polar surface area (TPSA) is 79.6 Å². The second-order valence-corrected chi connectivity index (χ2v) is 7.39. The molecule has 0 saturated carbocycles. The van der Waals surface area contributed by atoms with Gasteiger partial charge in [0, 0.05) is 45.9 Å². The molecule has 1 aromatic heterocycles. The molecule has 0 bridgehead atoms. The molecule has 1 fully saturated rings. The van der Waals surface area contributed by atoms with Crippen LogP contribution in [-0.4, -0.2) is 71.1 Å². The number of ether oxygens (including phenoxy) is 1. The van der Waals surface area contributed by atoms with Crippen LogP contribution in [0.5, 0.6) is 0 Å². The van der Waals surface area contributed by atoms with Gasteiger partial charge in [0.1, 0.15) is 12.4 Å². The summed E-state index contributed by atoms with van der Waals surface area (Å²) in [6, 6.07) is 0.733. The standard InChI is InChI=1S/C20H39N7O.HI/c1-5-18-10-7-8-13-27(18)14-12-22-20(21-11-9-15-28-6-2)23-16-19-25-24-17(3)26(19)4;/h18H,5-16H2,1-4H3,(H2,21,22,23);1H. The maximum absolute atomic E-state index is 5.42. The highest BCUT2D eigenvalue weighted by molar-refractivity contribution is 14.0. The van der Waals surface area contributed by atoms with Crippen LogP contribution in [0.4, 0.5) is 0 Å². The fourth-order valence-electron chi connectivity index (χ4n) is 3.57. The summed E-state index contributed by atoms with van der Waals surface area (Å²) in [5.74, 6) is 2.61. The molecule has 1 unspecified atom stereocenters. The minimum atomic E-state index is 0. The van der Waals surface area contributed by atoms with Crippen molar-refractivity contribution < 1.29 is 4.74 Å². The lowest BCUT2D eigenvalue weighted by molar-refractivity contribution is 0.145. The van der Waals surface area contributed by atoms with Crippen LogP contribution in [0, 0.1) is 6.92 Å². The number of nitrogens with one attached hydrogen (secondary N) is 2. The molecule has 2 heterocycles. The molecule has 1 atom stereocenters. The Labute approximate surface area is 193 Å². The Morgan fingerprint density at radius 3 is 2.69 bits per heavy atom. The highest BCUT2D eigenvalue weighted by atomic mass is 127. The normalized spacial score (nSPS) is 17.8. The van der Waals surface area contributed by atoms with Gasteiger partial charge >= 0.3 is 0 Å². The van der Waals surface area contributed by atoms with Crippen molar-refractivity contribution in [2.24, 2.45) is 12.0 Å². The highest BCUT2D eigenvalue weighted by Crippen LogP contribution is 2.18. The van der Waals surface area contributed by atoms with Crippen LogP contribution < -0.4 is 10.6 Å². The second kappa shape index (κ2) is 15.0. The molecule has 1 saturated heterocycles. The molecule has 2 rings (SSSR count). The number of piperidine rings is 1. The van der Waals surface area contributed by atoms with Crippen molar-refractivity contribution in [3.05, 3.63) is 11.6 Å². The fourth-order valence-corrected chi connectivity index (χ4v) is 3.57. The van der Waals surface area contributed by atoms with Gasteiger partial charge in [-0.1, -0.05) is 13.3 Å². The number of likely N-dealkylation sites (tertiary alicyclic amines) is 1. The maximum Gasteiger partial charge on any atom is 0.191 e. The Balaban J connectivity index is 0.00000420. The predicted molar refractivity (Wildman–Crippen MR) is 129 cm³/mol. The van der Waals surface area contributed by atoms with E-state index < -0.39 is 0 Å². The van der Waals surface area contributed by atoms with Gasteiger partial charge in [-0.15, -0.1) is 34.2 Å². The molecule has 1 aromatic rings. The summed E-state index contributed by atoms with van der Waals surface area (Å²) in [6.07, 6.45) is 6.22. The summed E-state index contributed by atoms with van der Waals surface area (Å²) < 4.78 is 7.40. The number of halogens is 1. The lowest BCUT2D eigenvalue weighted by atomic mass is 10.0. The maximum atomic E-state index is 5.42. The Morgan fingerprint density at radius 2 is 2.00 bits per heavy atom. The number of aromatic nitrogens is 3. The van der Waals surface area contributed by atoms with Crippen molar-refractivity contribution >= 4 is 29.9 Å². The van der Waals surface area contributed by atoms with Crippen molar-refractivity contribution in [2.75, 3.05) is 39.4 Å². The van der Waals surface area contributed by atoms with Crippen molar-refractivity contribution in [1.82, 2.24) is 30.3 Å². The monoisotopic (exact) mass is 521 g/mol. The van der Waals surface area contributed by atoms with Crippen molar-refractivity contribution in [2.45, 2.75) is 65.5 Å². The zero-order valence-electron chi connectivity index (χ0n) is 18.6. The Morgan fingerprint density at radius 1 is 1.21 bits per heavy atom. The van der Waals surface area contributed by atoms with Crippen LogP contribution in [0.2, 0.25) is 0 Å². The quantitative estimate of drug-likeness (QED) is 0.202. The van der Waals surface area contributed by atoms with E-state index >= 15 is 0 Å². The van der Waals surface area contributed by atoms with Gasteiger partial charge in [-0.05, 0) is 46.1 Å². The number of nitrogens with zero attached hydrogens (tertiary/aromatic N) is 5. The third-order valence-corrected chi connectivity index (χ3v) is 5.44. The molecule has 0 spiro atoms. The first kappa shape index (κ1) is 26.1. The van der Waals surface area contributed by atoms with Crippen molar-refractivity contribution in [1.29, 1.82) is 0 Å². The summed E-state index contributed by atoms with van der Waals surface area (Å²) >= 11 is 0. The van der Waals surface area contributed by atoms with E-state index in [4.69, 9.17) is 9.73 Å². The van der Waals surface area contributed by atoms with Crippen LogP contribution >= 0.6 is 24.0 Å². The smallest absolute Gasteiger partial charge is 0.191 e. The molecule has 0 amide bonds. The van der Waals surface area contributed by atoms with E-state index in [-0.39, 0.29) is 24.0 Å². The number of hydrogen-bond donors (Lipinski definition) is 2. The van der Waals surface area contributed by atoms with Gasteiger partial charge in [0.25, 0.3) is 0 Å². The number of guanidine groups is 1. The molecule has 0 aliphatic carbocycles. The lowest BCUT2D eigenvalue weighted by Crippen LogP contribution is -2.46. The minimum absolute atomic E-state index is 0. The largest absolute Gasteiger partial charge is 0.382 e. The van der Waals surface area contributed by atoms with E-state index in [9.17, 15) is 0 Å². The lowest BCUT2D eigenvalue weighted by Gasteiger charge is -2.35. The van der Waals surface area contributed by atoms with Crippen molar-refractivity contribution in [3.63, 3.8) is 0 Å². The van der Waals surface area contributed by atoms with Gasteiger partial charge in [0.05, 0.1) is 0 Å². The molecule has 8 nitrogen and oxygen atoms in total. The van der Waals surface area contributed by atoms with E-state index in [1.807, 2.05) is 25.5 Å². The molecule has 1 aliphatic rings. The molecular formula is C20H40IN7O. The molecule has 0 aromatic carbocycles. The zero-order chi connectivity index (χ0) is 20.2. The average molecular weight is 521 g/mol. The predicted octanol–water partition coefficient (Wildman–Crippen LogP) is 2.47. The fraction of sp³-hybridized carbons (Fsp3) is 0.850. The summed E-state index contributed by atoms with van der Waals surface area (Å²) in [4.78, 5) is 7.34. The van der Waals surface area contributed by atoms with Gasteiger partial charge < -0.3 is 19.9 Å². The van der Waals surface area contributed by atoms with Crippen LogP contribution in [-0.2, 0) is 18.3 Å².